The van der Waals surface area contributed by atoms with Crippen LogP contribution in [0.1, 0.15) is 42.1 Å². The highest BCUT2D eigenvalue weighted by molar-refractivity contribution is 6.22. The summed E-state index contributed by atoms with van der Waals surface area (Å²) in [4.78, 5) is 39.5. The Morgan fingerprint density at radius 1 is 1.00 bits per heavy atom. The Balaban J connectivity index is 1.59. The number of hydrogen-bond donors (Lipinski definition) is 1. The Kier molecular flexibility index (Phi) is 5.33. The number of amides is 3. The summed E-state index contributed by atoms with van der Waals surface area (Å²) in [5, 5.41) is 2.28. The highest BCUT2D eigenvalue weighted by Gasteiger charge is 2.50. The van der Waals surface area contributed by atoms with Gasteiger partial charge < -0.3 is 5.32 Å². The zero-order chi connectivity index (χ0) is 22.3. The zero-order valence-corrected chi connectivity index (χ0v) is 16.8. The molecule has 8 heteroatoms. The number of halogens is 3. The average Bonchev–Trinajstić information content (AvgIpc) is 2.97. The van der Waals surface area contributed by atoms with Crippen LogP contribution in [0.4, 0.5) is 24.5 Å². The minimum Gasteiger partial charge on any atom is -0.321 e. The second kappa shape index (κ2) is 7.83. The lowest BCUT2D eigenvalue weighted by molar-refractivity contribution is -0.137. The third kappa shape index (κ3) is 3.94. The second-order valence-electron chi connectivity index (χ2n) is 8.19. The largest absolute Gasteiger partial charge is 0.418 e. The van der Waals surface area contributed by atoms with Crippen molar-refractivity contribution in [2.45, 2.75) is 32.4 Å². The van der Waals surface area contributed by atoms with E-state index >= 15 is 0 Å². The Bertz CT molecular complexity index is 1050. The molecule has 162 valence electrons. The molecule has 1 aliphatic heterocycles. The number of carbonyl (C=O) groups is 3. The van der Waals surface area contributed by atoms with Gasteiger partial charge in [-0.3, -0.25) is 19.3 Å². The molecule has 2 aromatic carbocycles. The number of fused-ring (bicyclic) bond motifs is 1. The Hall–Kier alpha value is -3.16. The van der Waals surface area contributed by atoms with E-state index in [4.69, 9.17) is 0 Å². The molecular formula is C23H21F3N2O3. The van der Waals surface area contributed by atoms with Crippen molar-refractivity contribution in [2.75, 3.05) is 10.2 Å². The Labute approximate surface area is 177 Å². The predicted molar refractivity (Wildman–Crippen MR) is 108 cm³/mol. The van der Waals surface area contributed by atoms with Crippen molar-refractivity contribution >= 4 is 29.1 Å². The topological polar surface area (TPSA) is 66.5 Å². The van der Waals surface area contributed by atoms with Crippen LogP contribution in [-0.4, -0.2) is 17.7 Å². The van der Waals surface area contributed by atoms with Crippen molar-refractivity contribution in [3.63, 3.8) is 0 Å². The molecule has 3 amide bonds. The molecule has 3 unspecified atom stereocenters. The number of nitrogens with one attached hydrogen (secondary N) is 1. The number of hydrogen-bond acceptors (Lipinski definition) is 3. The van der Waals surface area contributed by atoms with Crippen LogP contribution in [0.15, 0.2) is 48.5 Å². The molecule has 1 heterocycles. The van der Waals surface area contributed by atoms with Crippen molar-refractivity contribution in [1.29, 1.82) is 0 Å². The summed E-state index contributed by atoms with van der Waals surface area (Å²) in [5.74, 6) is -1.65. The summed E-state index contributed by atoms with van der Waals surface area (Å²) in [6.07, 6.45) is -2.43. The lowest BCUT2D eigenvalue weighted by Gasteiger charge is -2.25. The number of benzene rings is 2. The normalized spacial score (nSPS) is 23.6. The van der Waals surface area contributed by atoms with Crippen molar-refractivity contribution in [2.24, 2.45) is 17.8 Å². The number of carbonyl (C=O) groups excluding carboxylic acids is 3. The van der Waals surface area contributed by atoms with Crippen LogP contribution in [0.2, 0.25) is 0 Å². The fourth-order valence-electron chi connectivity index (χ4n) is 4.46. The predicted octanol–water partition coefficient (Wildman–Crippen LogP) is 4.88. The maximum Gasteiger partial charge on any atom is 0.418 e. The summed E-state index contributed by atoms with van der Waals surface area (Å²) in [6, 6.07) is 10.5. The van der Waals surface area contributed by atoms with Crippen molar-refractivity contribution in [3.05, 3.63) is 59.7 Å². The molecule has 1 saturated carbocycles. The van der Waals surface area contributed by atoms with Crippen LogP contribution >= 0.6 is 0 Å². The van der Waals surface area contributed by atoms with Gasteiger partial charge in [-0.1, -0.05) is 25.1 Å². The van der Waals surface area contributed by atoms with Crippen LogP contribution in [0.5, 0.6) is 0 Å². The lowest BCUT2D eigenvalue weighted by atomic mass is 9.76. The van der Waals surface area contributed by atoms with E-state index < -0.39 is 17.6 Å². The molecule has 2 aliphatic rings. The maximum atomic E-state index is 13.2. The molecule has 0 spiro atoms. The Morgan fingerprint density at radius 3 is 2.45 bits per heavy atom. The minimum atomic E-state index is -4.62. The third-order valence-corrected chi connectivity index (χ3v) is 6.03. The van der Waals surface area contributed by atoms with E-state index in [2.05, 4.69) is 12.2 Å². The van der Waals surface area contributed by atoms with Gasteiger partial charge in [-0.25, -0.2) is 0 Å². The quantitative estimate of drug-likeness (QED) is 0.706. The van der Waals surface area contributed by atoms with Crippen molar-refractivity contribution in [1.82, 2.24) is 0 Å². The SMILES string of the molecule is CC1CCC2C(=O)N(c3cccc(C(=O)Nc4ccccc4C(F)(F)F)c3)C(=O)C2C1. The maximum absolute atomic E-state index is 13.2. The fraction of sp³-hybridized carbons (Fsp3) is 0.348. The molecule has 4 rings (SSSR count). The number of anilines is 2. The monoisotopic (exact) mass is 430 g/mol. The molecule has 1 N–H and O–H groups in total. The average molecular weight is 430 g/mol. The molecule has 1 saturated heterocycles. The van der Waals surface area contributed by atoms with Gasteiger partial charge in [-0.15, -0.1) is 0 Å². The Morgan fingerprint density at radius 2 is 1.71 bits per heavy atom. The van der Waals surface area contributed by atoms with Crippen LogP contribution in [0.3, 0.4) is 0 Å². The minimum absolute atomic E-state index is 0.0540. The number of imide groups is 1. The van der Waals surface area contributed by atoms with Crippen molar-refractivity contribution < 1.29 is 27.6 Å². The molecule has 0 radical (unpaired) electrons. The molecule has 0 aromatic heterocycles. The first-order chi connectivity index (χ1) is 14.7. The highest BCUT2D eigenvalue weighted by Crippen LogP contribution is 2.42. The number of nitrogens with zero attached hydrogens (tertiary/aromatic N) is 1. The molecule has 2 aromatic rings. The van der Waals surface area contributed by atoms with Gasteiger partial charge in [0.25, 0.3) is 5.91 Å². The van der Waals surface area contributed by atoms with E-state index in [-0.39, 0.29) is 40.6 Å². The van der Waals surface area contributed by atoms with Gasteiger partial charge in [-0.05, 0) is 55.5 Å². The van der Waals surface area contributed by atoms with Gasteiger partial charge in [0, 0.05) is 5.56 Å². The molecule has 0 bridgehead atoms. The van der Waals surface area contributed by atoms with Crippen LogP contribution in [0.25, 0.3) is 0 Å². The first kappa shape index (κ1) is 21.1. The molecule has 5 nitrogen and oxygen atoms in total. The molecule has 31 heavy (non-hydrogen) atoms. The van der Waals surface area contributed by atoms with E-state index in [0.29, 0.717) is 18.8 Å². The van der Waals surface area contributed by atoms with Gasteiger partial charge in [0.2, 0.25) is 11.8 Å². The van der Waals surface area contributed by atoms with Crippen LogP contribution in [0, 0.1) is 17.8 Å². The second-order valence-corrected chi connectivity index (χ2v) is 8.19. The van der Waals surface area contributed by atoms with E-state index in [1.54, 1.807) is 6.07 Å². The molecule has 3 atom stereocenters. The van der Waals surface area contributed by atoms with Crippen molar-refractivity contribution in [3.8, 4) is 0 Å². The third-order valence-electron chi connectivity index (χ3n) is 6.03. The van der Waals surface area contributed by atoms with E-state index in [1.165, 1.54) is 36.4 Å². The summed E-state index contributed by atoms with van der Waals surface area (Å²) in [5.41, 5.74) is -1.01. The standard InChI is InChI=1S/C23H21F3N2O3/c1-13-9-10-16-17(11-13)22(31)28(21(16)30)15-6-4-5-14(12-15)20(29)27-19-8-3-2-7-18(19)23(24,25)26/h2-8,12-13,16-17H,9-11H2,1H3,(H,27,29). The van der Waals surface area contributed by atoms with E-state index in [9.17, 15) is 27.6 Å². The molecule has 1 aliphatic carbocycles. The van der Waals surface area contributed by atoms with Crippen LogP contribution < -0.4 is 10.2 Å². The van der Waals surface area contributed by atoms with Gasteiger partial charge in [0.1, 0.15) is 0 Å². The summed E-state index contributed by atoms with van der Waals surface area (Å²) >= 11 is 0. The van der Waals surface area contributed by atoms with Gasteiger partial charge in [-0.2, -0.15) is 13.2 Å². The number of alkyl halides is 3. The lowest BCUT2D eigenvalue weighted by Crippen LogP contribution is -2.31. The van der Waals surface area contributed by atoms with Gasteiger partial charge in [0.05, 0.1) is 28.8 Å². The number of rotatable bonds is 3. The summed E-state index contributed by atoms with van der Waals surface area (Å²) in [7, 11) is 0. The highest BCUT2D eigenvalue weighted by atomic mass is 19.4. The zero-order valence-electron chi connectivity index (χ0n) is 16.8. The van der Waals surface area contributed by atoms with Crippen LogP contribution in [-0.2, 0) is 15.8 Å². The smallest absolute Gasteiger partial charge is 0.321 e. The number of para-hydroxylation sites is 1. The van der Waals surface area contributed by atoms with E-state index in [0.717, 1.165) is 17.4 Å². The molecule has 2 fully saturated rings. The first-order valence-corrected chi connectivity index (χ1v) is 10.1. The summed E-state index contributed by atoms with van der Waals surface area (Å²) < 4.78 is 39.6. The summed E-state index contributed by atoms with van der Waals surface area (Å²) in [6.45, 7) is 2.06. The van der Waals surface area contributed by atoms with Gasteiger partial charge in [0.15, 0.2) is 0 Å². The van der Waals surface area contributed by atoms with E-state index in [1.807, 2.05) is 0 Å². The molecular weight excluding hydrogens is 409 g/mol. The fourth-order valence-corrected chi connectivity index (χ4v) is 4.46. The first-order valence-electron chi connectivity index (χ1n) is 10.1. The van der Waals surface area contributed by atoms with Gasteiger partial charge >= 0.3 is 6.18 Å².